The average molecular weight is 211 g/mol. The van der Waals surface area contributed by atoms with E-state index in [9.17, 15) is 17.8 Å². The van der Waals surface area contributed by atoms with Crippen LogP contribution in [0.5, 0.6) is 0 Å². The zero-order valence-electron chi connectivity index (χ0n) is 6.78. The van der Waals surface area contributed by atoms with E-state index in [0.29, 0.717) is 6.42 Å². The highest BCUT2D eigenvalue weighted by atomic mass is 32.2. The molecular formula is C6H11O4S2-. The normalized spacial score (nSPS) is 11.5. The van der Waals surface area contributed by atoms with Crippen LogP contribution in [0, 0.1) is 0 Å². The number of carbonyl (C=O) groups is 1. The summed E-state index contributed by atoms with van der Waals surface area (Å²) in [5.74, 6) is -0.391. The first-order valence-electron chi connectivity index (χ1n) is 3.55. The van der Waals surface area contributed by atoms with Crippen LogP contribution < -0.4 is 0 Å². The fourth-order valence-corrected chi connectivity index (χ4v) is 2.26. The topological polar surface area (TPSA) is 74.3 Å². The van der Waals surface area contributed by atoms with Gasteiger partial charge < -0.3 is 4.55 Å². The smallest absolute Gasteiger partial charge is 0.188 e. The van der Waals surface area contributed by atoms with E-state index in [0.717, 1.165) is 18.2 Å². The second-order valence-electron chi connectivity index (χ2n) is 2.23. The van der Waals surface area contributed by atoms with E-state index in [1.807, 2.05) is 6.92 Å². The molecule has 0 aliphatic heterocycles. The van der Waals surface area contributed by atoms with Gasteiger partial charge in [0, 0.05) is 17.9 Å². The minimum atomic E-state index is -4.16. The number of carbonyl (C=O) groups excluding carboxylic acids is 1. The molecule has 6 heteroatoms. The number of thioether (sulfide) groups is 1. The summed E-state index contributed by atoms with van der Waals surface area (Å²) in [4.78, 5) is 10.8. The number of hydrogen-bond donors (Lipinski definition) is 0. The van der Waals surface area contributed by atoms with E-state index < -0.39 is 15.9 Å². The van der Waals surface area contributed by atoms with E-state index in [-0.39, 0.29) is 10.9 Å². The number of rotatable bonds is 5. The third-order valence-corrected chi connectivity index (χ3v) is 2.95. The highest BCUT2D eigenvalue weighted by Gasteiger charge is 2.02. The molecule has 0 heterocycles. The molecule has 0 aromatic heterocycles. The van der Waals surface area contributed by atoms with E-state index in [1.54, 1.807) is 0 Å². The van der Waals surface area contributed by atoms with E-state index in [4.69, 9.17) is 0 Å². The first kappa shape index (κ1) is 11.9. The summed E-state index contributed by atoms with van der Waals surface area (Å²) in [7, 11) is -4.16. The maximum Gasteiger partial charge on any atom is 0.188 e. The van der Waals surface area contributed by atoms with Crippen molar-refractivity contribution in [2.45, 2.75) is 19.8 Å². The van der Waals surface area contributed by atoms with Crippen molar-refractivity contribution in [3.63, 3.8) is 0 Å². The molecular weight excluding hydrogens is 200 g/mol. The fourth-order valence-electron chi connectivity index (χ4n) is 0.534. The van der Waals surface area contributed by atoms with Crippen LogP contribution >= 0.6 is 11.8 Å². The van der Waals surface area contributed by atoms with Gasteiger partial charge in [-0.15, -0.1) is 0 Å². The Bertz CT molecular complexity index is 232. The lowest BCUT2D eigenvalue weighted by atomic mass is 10.4. The monoisotopic (exact) mass is 211 g/mol. The summed E-state index contributed by atoms with van der Waals surface area (Å²) in [5.41, 5.74) is 0. The largest absolute Gasteiger partial charge is 0.748 e. The van der Waals surface area contributed by atoms with Crippen molar-refractivity contribution in [3.8, 4) is 0 Å². The second kappa shape index (κ2) is 5.55. The zero-order chi connectivity index (χ0) is 9.61. The highest BCUT2D eigenvalue weighted by Crippen LogP contribution is 2.07. The van der Waals surface area contributed by atoms with E-state index in [2.05, 4.69) is 0 Å². The Morgan fingerprint density at radius 3 is 2.50 bits per heavy atom. The molecule has 0 bridgehead atoms. The number of hydrogen-bond acceptors (Lipinski definition) is 5. The van der Waals surface area contributed by atoms with Crippen molar-refractivity contribution >= 4 is 27.0 Å². The Kier molecular flexibility index (Phi) is 5.52. The molecule has 0 amide bonds. The van der Waals surface area contributed by atoms with Crippen molar-refractivity contribution in [1.82, 2.24) is 0 Å². The Balaban J connectivity index is 3.51. The predicted molar refractivity (Wildman–Crippen MR) is 46.9 cm³/mol. The van der Waals surface area contributed by atoms with Gasteiger partial charge in [0.05, 0.1) is 10.1 Å². The Labute approximate surface area is 76.5 Å². The molecule has 0 N–H and O–H groups in total. The van der Waals surface area contributed by atoms with Crippen molar-refractivity contribution in [2.24, 2.45) is 0 Å². The molecule has 0 aliphatic rings. The molecule has 12 heavy (non-hydrogen) atoms. The van der Waals surface area contributed by atoms with Gasteiger partial charge >= 0.3 is 0 Å². The zero-order valence-corrected chi connectivity index (χ0v) is 8.41. The molecule has 0 aromatic rings. The molecule has 4 nitrogen and oxygen atoms in total. The van der Waals surface area contributed by atoms with Crippen LogP contribution in [0.15, 0.2) is 0 Å². The van der Waals surface area contributed by atoms with Gasteiger partial charge in [-0.1, -0.05) is 18.7 Å². The maximum absolute atomic E-state index is 10.8. The van der Waals surface area contributed by atoms with Gasteiger partial charge in [-0.3, -0.25) is 4.79 Å². The van der Waals surface area contributed by atoms with Gasteiger partial charge in [0.1, 0.15) is 0 Å². The molecule has 0 fully saturated rings. The van der Waals surface area contributed by atoms with Crippen LogP contribution in [-0.2, 0) is 14.9 Å². The Morgan fingerprint density at radius 2 is 2.08 bits per heavy atom. The third-order valence-electron chi connectivity index (χ3n) is 1.05. The highest BCUT2D eigenvalue weighted by molar-refractivity contribution is 8.14. The molecule has 72 valence electrons. The lowest BCUT2D eigenvalue weighted by Crippen LogP contribution is -2.07. The van der Waals surface area contributed by atoms with Crippen LogP contribution in [0.1, 0.15) is 19.8 Å². The lowest BCUT2D eigenvalue weighted by Gasteiger charge is -2.04. The van der Waals surface area contributed by atoms with Crippen LogP contribution in [0.4, 0.5) is 0 Å². The molecule has 0 aromatic carbocycles. The first-order valence-corrected chi connectivity index (χ1v) is 6.11. The van der Waals surface area contributed by atoms with Gasteiger partial charge in [-0.05, 0) is 6.42 Å². The first-order chi connectivity index (χ1) is 5.45. The molecule has 0 rings (SSSR count). The average Bonchev–Trinajstić information content (AvgIpc) is 1.84. The third kappa shape index (κ3) is 8.03. The van der Waals surface area contributed by atoms with Gasteiger partial charge in [0.25, 0.3) is 0 Å². The van der Waals surface area contributed by atoms with Gasteiger partial charge in [0.15, 0.2) is 5.12 Å². The standard InChI is InChI=1S/C6H12O4S2/c1-2-3-6(7)11-4-5-12(8,9)10/h2-5H2,1H3,(H,8,9,10)/p-1. The van der Waals surface area contributed by atoms with Crippen molar-refractivity contribution in [1.29, 1.82) is 0 Å². The molecule has 0 unspecified atom stereocenters. The molecule has 0 atom stereocenters. The summed E-state index contributed by atoms with van der Waals surface area (Å²) in [6, 6.07) is 0. The predicted octanol–water partition coefficient (Wildman–Crippen LogP) is 0.592. The fraction of sp³-hybridized carbons (Fsp3) is 0.833. The van der Waals surface area contributed by atoms with Gasteiger partial charge in [-0.25, -0.2) is 8.42 Å². The summed E-state index contributed by atoms with van der Waals surface area (Å²) >= 11 is 0.910. The van der Waals surface area contributed by atoms with Crippen LogP contribution in [0.2, 0.25) is 0 Å². The minimum absolute atomic E-state index is 0.0545. The Morgan fingerprint density at radius 1 is 1.50 bits per heavy atom. The summed E-state index contributed by atoms with van der Waals surface area (Å²) < 4.78 is 30.3. The quantitative estimate of drug-likeness (QED) is 0.622. The molecule has 0 aliphatic carbocycles. The summed E-state index contributed by atoms with van der Waals surface area (Å²) in [6.07, 6.45) is 1.18. The van der Waals surface area contributed by atoms with Gasteiger partial charge in [0.2, 0.25) is 0 Å². The van der Waals surface area contributed by atoms with E-state index >= 15 is 0 Å². The molecule has 0 spiro atoms. The lowest BCUT2D eigenvalue weighted by molar-refractivity contribution is -0.111. The molecule has 0 saturated carbocycles. The Hall–Kier alpha value is -0.0700. The molecule has 0 radical (unpaired) electrons. The van der Waals surface area contributed by atoms with Crippen molar-refractivity contribution < 1.29 is 17.8 Å². The summed E-state index contributed by atoms with van der Waals surface area (Å²) in [6.45, 7) is 1.86. The van der Waals surface area contributed by atoms with Crippen LogP contribution in [0.25, 0.3) is 0 Å². The summed E-state index contributed by atoms with van der Waals surface area (Å²) in [5, 5.41) is -0.0545. The van der Waals surface area contributed by atoms with Crippen LogP contribution in [0.3, 0.4) is 0 Å². The maximum atomic E-state index is 10.8. The van der Waals surface area contributed by atoms with Crippen molar-refractivity contribution in [3.05, 3.63) is 0 Å². The second-order valence-corrected chi connectivity index (χ2v) is 4.91. The SMILES string of the molecule is CCCC(=O)SCCS(=O)(=O)[O-]. The van der Waals surface area contributed by atoms with E-state index in [1.165, 1.54) is 0 Å². The minimum Gasteiger partial charge on any atom is -0.748 e. The molecule has 0 saturated heterocycles. The van der Waals surface area contributed by atoms with Gasteiger partial charge in [-0.2, -0.15) is 0 Å². The van der Waals surface area contributed by atoms with Crippen molar-refractivity contribution in [2.75, 3.05) is 11.5 Å². The van der Waals surface area contributed by atoms with Crippen LogP contribution in [-0.4, -0.2) is 29.6 Å².